The highest BCUT2D eigenvalue weighted by atomic mass is 16.4. The number of carboxylic acids is 1. The molecule has 17 heavy (non-hydrogen) atoms. The maximum absolute atomic E-state index is 11.2. The van der Waals surface area contributed by atoms with Gasteiger partial charge in [0, 0.05) is 5.69 Å². The summed E-state index contributed by atoms with van der Waals surface area (Å²) in [4.78, 5) is 11.2. The maximum atomic E-state index is 11.2. The third-order valence-electron chi connectivity index (χ3n) is 2.66. The lowest BCUT2D eigenvalue weighted by Crippen LogP contribution is -2.43. The number of anilines is 1. The van der Waals surface area contributed by atoms with Gasteiger partial charge in [-0.15, -0.1) is 0 Å². The van der Waals surface area contributed by atoms with Crippen molar-refractivity contribution in [1.82, 2.24) is 0 Å². The van der Waals surface area contributed by atoms with E-state index in [-0.39, 0.29) is 0 Å². The second-order valence-electron chi connectivity index (χ2n) is 4.20. The lowest BCUT2D eigenvalue weighted by molar-refractivity contribution is -0.141. The van der Waals surface area contributed by atoms with E-state index in [2.05, 4.69) is 5.32 Å². The molecule has 2 N–H and O–H groups in total. The Morgan fingerprint density at radius 1 is 1.47 bits per heavy atom. The summed E-state index contributed by atoms with van der Waals surface area (Å²) in [5, 5.41) is 20.9. The van der Waals surface area contributed by atoms with Gasteiger partial charge in [0.1, 0.15) is 5.54 Å². The van der Waals surface area contributed by atoms with Crippen molar-refractivity contribution in [3.05, 3.63) is 29.8 Å². The standard InChI is InChI=1S/C13H16N2O2/c1-3-8-13(2,12(16)17)15-11-6-4-10(9-14)5-7-11/h4-7,15H,3,8H2,1-2H3,(H,16,17). The minimum atomic E-state index is -0.969. The molecule has 1 unspecified atom stereocenters. The van der Waals surface area contributed by atoms with Gasteiger partial charge in [-0.2, -0.15) is 5.26 Å². The van der Waals surface area contributed by atoms with Gasteiger partial charge in [0.2, 0.25) is 0 Å². The Morgan fingerprint density at radius 2 is 2.06 bits per heavy atom. The van der Waals surface area contributed by atoms with Crippen molar-refractivity contribution in [3.63, 3.8) is 0 Å². The van der Waals surface area contributed by atoms with E-state index in [0.29, 0.717) is 17.7 Å². The molecule has 0 amide bonds. The number of benzene rings is 1. The average molecular weight is 232 g/mol. The first kappa shape index (κ1) is 13.0. The van der Waals surface area contributed by atoms with Gasteiger partial charge in [-0.25, -0.2) is 4.79 Å². The van der Waals surface area contributed by atoms with Gasteiger partial charge in [-0.1, -0.05) is 13.3 Å². The molecule has 0 fully saturated rings. The van der Waals surface area contributed by atoms with Crippen molar-refractivity contribution >= 4 is 11.7 Å². The van der Waals surface area contributed by atoms with Gasteiger partial charge >= 0.3 is 5.97 Å². The zero-order valence-electron chi connectivity index (χ0n) is 10.0. The molecule has 0 aliphatic carbocycles. The molecular weight excluding hydrogens is 216 g/mol. The number of hydrogen-bond acceptors (Lipinski definition) is 3. The Labute approximate surface area is 101 Å². The van der Waals surface area contributed by atoms with Crippen LogP contribution in [0.5, 0.6) is 0 Å². The first-order valence-electron chi connectivity index (χ1n) is 5.53. The monoisotopic (exact) mass is 232 g/mol. The summed E-state index contributed by atoms with van der Waals surface area (Å²) < 4.78 is 0. The van der Waals surface area contributed by atoms with Gasteiger partial charge in [-0.3, -0.25) is 0 Å². The summed E-state index contributed by atoms with van der Waals surface area (Å²) in [6.07, 6.45) is 1.33. The lowest BCUT2D eigenvalue weighted by Gasteiger charge is -2.27. The molecule has 0 heterocycles. The quantitative estimate of drug-likeness (QED) is 0.818. The molecule has 1 rings (SSSR count). The highest BCUT2D eigenvalue weighted by Crippen LogP contribution is 2.20. The van der Waals surface area contributed by atoms with E-state index < -0.39 is 11.5 Å². The highest BCUT2D eigenvalue weighted by molar-refractivity contribution is 5.82. The minimum Gasteiger partial charge on any atom is -0.480 e. The van der Waals surface area contributed by atoms with Gasteiger partial charge in [-0.05, 0) is 37.6 Å². The second-order valence-corrected chi connectivity index (χ2v) is 4.20. The number of hydrogen-bond donors (Lipinski definition) is 2. The van der Waals surface area contributed by atoms with E-state index in [9.17, 15) is 9.90 Å². The summed E-state index contributed by atoms with van der Waals surface area (Å²) >= 11 is 0. The molecule has 0 saturated carbocycles. The van der Waals surface area contributed by atoms with Crippen molar-refractivity contribution in [1.29, 1.82) is 5.26 Å². The van der Waals surface area contributed by atoms with Crippen LogP contribution in [0.1, 0.15) is 32.3 Å². The van der Waals surface area contributed by atoms with Crippen molar-refractivity contribution in [2.45, 2.75) is 32.2 Å². The summed E-state index contributed by atoms with van der Waals surface area (Å²) in [6, 6.07) is 8.78. The molecule has 0 aliphatic heterocycles. The van der Waals surface area contributed by atoms with Crippen LogP contribution in [-0.2, 0) is 4.79 Å². The van der Waals surface area contributed by atoms with Gasteiger partial charge in [0.15, 0.2) is 0 Å². The SMILES string of the molecule is CCCC(C)(Nc1ccc(C#N)cc1)C(=O)O. The number of nitrogens with one attached hydrogen (secondary N) is 1. The lowest BCUT2D eigenvalue weighted by atomic mass is 9.96. The molecule has 0 aromatic heterocycles. The molecule has 1 aromatic carbocycles. The van der Waals surface area contributed by atoms with Crippen molar-refractivity contribution < 1.29 is 9.90 Å². The van der Waals surface area contributed by atoms with Crippen LogP contribution in [0.3, 0.4) is 0 Å². The van der Waals surface area contributed by atoms with Crippen LogP contribution in [0.4, 0.5) is 5.69 Å². The van der Waals surface area contributed by atoms with Crippen molar-refractivity contribution in [2.75, 3.05) is 5.32 Å². The number of aliphatic carboxylic acids is 1. The summed E-state index contributed by atoms with van der Waals surface area (Å²) in [7, 11) is 0. The Hall–Kier alpha value is -2.02. The number of rotatable bonds is 5. The number of nitriles is 1. The first-order chi connectivity index (χ1) is 8.01. The van der Waals surface area contributed by atoms with Crippen LogP contribution in [0.15, 0.2) is 24.3 Å². The van der Waals surface area contributed by atoms with Crippen LogP contribution >= 0.6 is 0 Å². The van der Waals surface area contributed by atoms with E-state index in [1.165, 1.54) is 0 Å². The number of carbonyl (C=O) groups is 1. The van der Waals surface area contributed by atoms with E-state index >= 15 is 0 Å². The molecule has 0 saturated heterocycles. The fourth-order valence-corrected chi connectivity index (χ4v) is 1.67. The van der Waals surface area contributed by atoms with Crippen molar-refractivity contribution in [2.24, 2.45) is 0 Å². The van der Waals surface area contributed by atoms with Gasteiger partial charge in [0.25, 0.3) is 0 Å². The zero-order valence-corrected chi connectivity index (χ0v) is 10.0. The normalized spacial score (nSPS) is 13.5. The topological polar surface area (TPSA) is 73.1 Å². The molecular formula is C13H16N2O2. The van der Waals surface area contributed by atoms with Crippen LogP contribution in [0.25, 0.3) is 0 Å². The number of carboxylic acid groups (broad SMARTS) is 1. The van der Waals surface area contributed by atoms with E-state index in [0.717, 1.165) is 6.42 Å². The smallest absolute Gasteiger partial charge is 0.329 e. The van der Waals surface area contributed by atoms with E-state index in [1.54, 1.807) is 31.2 Å². The first-order valence-corrected chi connectivity index (χ1v) is 5.53. The molecule has 0 radical (unpaired) electrons. The third-order valence-corrected chi connectivity index (χ3v) is 2.66. The highest BCUT2D eigenvalue weighted by Gasteiger charge is 2.31. The fraction of sp³-hybridized carbons (Fsp3) is 0.385. The van der Waals surface area contributed by atoms with Crippen LogP contribution in [0, 0.1) is 11.3 Å². The van der Waals surface area contributed by atoms with Gasteiger partial charge < -0.3 is 10.4 Å². The Balaban J connectivity index is 2.87. The summed E-state index contributed by atoms with van der Waals surface area (Å²) in [6.45, 7) is 3.61. The molecule has 4 heteroatoms. The summed E-state index contributed by atoms with van der Waals surface area (Å²) in [5.74, 6) is -0.872. The third kappa shape index (κ3) is 3.22. The Bertz CT molecular complexity index is 434. The largest absolute Gasteiger partial charge is 0.480 e. The van der Waals surface area contributed by atoms with Gasteiger partial charge in [0.05, 0.1) is 11.6 Å². The molecule has 0 aliphatic rings. The molecule has 4 nitrogen and oxygen atoms in total. The maximum Gasteiger partial charge on any atom is 0.329 e. The summed E-state index contributed by atoms with van der Waals surface area (Å²) in [5.41, 5.74) is 0.300. The number of nitrogens with zero attached hydrogens (tertiary/aromatic N) is 1. The minimum absolute atomic E-state index is 0.544. The van der Waals surface area contributed by atoms with E-state index in [4.69, 9.17) is 5.26 Å². The molecule has 0 spiro atoms. The zero-order chi connectivity index (χ0) is 12.9. The predicted molar refractivity (Wildman–Crippen MR) is 65.7 cm³/mol. The molecule has 1 aromatic rings. The molecule has 0 bridgehead atoms. The molecule has 1 atom stereocenters. The molecule has 90 valence electrons. The van der Waals surface area contributed by atoms with E-state index in [1.807, 2.05) is 13.0 Å². The fourth-order valence-electron chi connectivity index (χ4n) is 1.67. The van der Waals surface area contributed by atoms with Crippen molar-refractivity contribution in [3.8, 4) is 6.07 Å². The van der Waals surface area contributed by atoms with Crippen LogP contribution in [0.2, 0.25) is 0 Å². The second kappa shape index (κ2) is 5.35. The predicted octanol–water partition coefficient (Wildman–Crippen LogP) is 2.61. The van der Waals surface area contributed by atoms with Crippen LogP contribution in [-0.4, -0.2) is 16.6 Å². The Morgan fingerprint density at radius 3 is 2.47 bits per heavy atom. The average Bonchev–Trinajstić information content (AvgIpc) is 2.30. The Kier molecular flexibility index (Phi) is 4.11. The van der Waals surface area contributed by atoms with Crippen LogP contribution < -0.4 is 5.32 Å².